The monoisotopic (exact) mass is 291 g/mol. The Balaban J connectivity index is 0.00000112. The first-order valence-corrected chi connectivity index (χ1v) is 5.72. The van der Waals surface area contributed by atoms with Crippen molar-refractivity contribution in [1.82, 2.24) is 0 Å². The normalized spacial score (nSPS) is 17.7. The second-order valence-electron chi connectivity index (χ2n) is 3.92. The molecule has 2 rings (SSSR count). The molecule has 0 unspecified atom stereocenters. The first-order valence-electron chi connectivity index (χ1n) is 4.92. The second kappa shape index (κ2) is 5.19. The van der Waals surface area contributed by atoms with Gasteiger partial charge in [-0.2, -0.15) is 0 Å². The van der Waals surface area contributed by atoms with Gasteiger partial charge in [0.1, 0.15) is 5.75 Å². The molecular weight excluding hydrogens is 277 g/mol. The van der Waals surface area contributed by atoms with Crippen LogP contribution in [-0.2, 0) is 0 Å². The molecule has 4 heteroatoms. The van der Waals surface area contributed by atoms with Crippen molar-refractivity contribution >= 4 is 28.3 Å². The van der Waals surface area contributed by atoms with Crippen LogP contribution in [0.5, 0.6) is 5.75 Å². The Kier molecular flexibility index (Phi) is 4.44. The Morgan fingerprint density at radius 3 is 2.60 bits per heavy atom. The quantitative estimate of drug-likeness (QED) is 0.878. The summed E-state index contributed by atoms with van der Waals surface area (Å²) >= 11 is 3.46. The van der Waals surface area contributed by atoms with Crippen molar-refractivity contribution in [3.8, 4) is 5.75 Å². The van der Waals surface area contributed by atoms with E-state index < -0.39 is 0 Å². The van der Waals surface area contributed by atoms with Crippen LogP contribution in [0.3, 0.4) is 0 Å². The van der Waals surface area contributed by atoms with E-state index in [4.69, 9.17) is 5.73 Å². The molecule has 0 saturated heterocycles. The van der Waals surface area contributed by atoms with Gasteiger partial charge in [-0.15, -0.1) is 12.4 Å². The summed E-state index contributed by atoms with van der Waals surface area (Å²) in [6.07, 6.45) is 3.71. The Bertz CT molecular complexity index is 341. The van der Waals surface area contributed by atoms with Gasteiger partial charge in [-0.05, 0) is 42.5 Å². The van der Waals surface area contributed by atoms with Crippen LogP contribution < -0.4 is 5.73 Å². The van der Waals surface area contributed by atoms with Crippen LogP contribution in [0.2, 0.25) is 0 Å². The highest BCUT2D eigenvalue weighted by atomic mass is 79.9. The third kappa shape index (κ3) is 2.65. The summed E-state index contributed by atoms with van der Waals surface area (Å²) < 4.78 is 0.995. The van der Waals surface area contributed by atoms with Crippen molar-refractivity contribution in [2.24, 2.45) is 11.7 Å². The topological polar surface area (TPSA) is 46.2 Å². The van der Waals surface area contributed by atoms with E-state index in [0.29, 0.717) is 5.92 Å². The highest BCUT2D eigenvalue weighted by molar-refractivity contribution is 9.10. The van der Waals surface area contributed by atoms with Crippen LogP contribution in [0.15, 0.2) is 22.7 Å². The minimum Gasteiger partial charge on any atom is -0.508 e. The Morgan fingerprint density at radius 1 is 1.40 bits per heavy atom. The van der Waals surface area contributed by atoms with Crippen LogP contribution >= 0.6 is 28.3 Å². The summed E-state index contributed by atoms with van der Waals surface area (Å²) in [5.41, 5.74) is 7.15. The SMILES string of the molecule is Cl.N[C@H](c1cc(O)ccc1Br)C1CCC1. The van der Waals surface area contributed by atoms with E-state index in [0.717, 1.165) is 10.0 Å². The molecule has 15 heavy (non-hydrogen) atoms. The molecule has 0 aliphatic heterocycles. The molecule has 0 aromatic heterocycles. The van der Waals surface area contributed by atoms with E-state index in [2.05, 4.69) is 15.9 Å². The van der Waals surface area contributed by atoms with Gasteiger partial charge in [0, 0.05) is 10.5 Å². The zero-order valence-corrected chi connectivity index (χ0v) is 10.7. The summed E-state index contributed by atoms with van der Waals surface area (Å²) in [5.74, 6) is 0.881. The van der Waals surface area contributed by atoms with Gasteiger partial charge in [-0.25, -0.2) is 0 Å². The van der Waals surface area contributed by atoms with Gasteiger partial charge in [0.15, 0.2) is 0 Å². The summed E-state index contributed by atoms with van der Waals surface area (Å²) in [7, 11) is 0. The molecule has 0 heterocycles. The minimum absolute atomic E-state index is 0. The molecular formula is C11H15BrClNO. The van der Waals surface area contributed by atoms with Crippen LogP contribution in [0.25, 0.3) is 0 Å². The van der Waals surface area contributed by atoms with Gasteiger partial charge >= 0.3 is 0 Å². The summed E-state index contributed by atoms with van der Waals surface area (Å²) in [6.45, 7) is 0. The van der Waals surface area contributed by atoms with Crippen LogP contribution in [-0.4, -0.2) is 5.11 Å². The van der Waals surface area contributed by atoms with Gasteiger partial charge in [-0.3, -0.25) is 0 Å². The highest BCUT2D eigenvalue weighted by Gasteiger charge is 2.26. The summed E-state index contributed by atoms with van der Waals surface area (Å²) in [6, 6.07) is 5.34. The Morgan fingerprint density at radius 2 is 2.07 bits per heavy atom. The Hall–Kier alpha value is -0.250. The molecule has 3 N–H and O–H groups in total. The average molecular weight is 293 g/mol. The van der Waals surface area contributed by atoms with Gasteiger partial charge in [0.25, 0.3) is 0 Å². The molecule has 1 saturated carbocycles. The third-order valence-corrected chi connectivity index (χ3v) is 3.72. The van der Waals surface area contributed by atoms with E-state index >= 15 is 0 Å². The molecule has 0 radical (unpaired) electrons. The van der Waals surface area contributed by atoms with E-state index in [-0.39, 0.29) is 24.2 Å². The number of halogens is 2. The third-order valence-electron chi connectivity index (χ3n) is 3.00. The fraction of sp³-hybridized carbons (Fsp3) is 0.455. The molecule has 1 aromatic carbocycles. The van der Waals surface area contributed by atoms with Gasteiger partial charge in [0.05, 0.1) is 0 Å². The van der Waals surface area contributed by atoms with E-state index in [1.165, 1.54) is 19.3 Å². The molecule has 0 spiro atoms. The molecule has 0 amide bonds. The average Bonchev–Trinajstić information content (AvgIpc) is 2.06. The smallest absolute Gasteiger partial charge is 0.115 e. The minimum atomic E-state index is 0. The maximum absolute atomic E-state index is 9.38. The molecule has 1 aliphatic carbocycles. The van der Waals surface area contributed by atoms with E-state index in [1.807, 2.05) is 6.07 Å². The maximum atomic E-state index is 9.38. The second-order valence-corrected chi connectivity index (χ2v) is 4.78. The summed E-state index contributed by atoms with van der Waals surface area (Å²) in [4.78, 5) is 0. The highest BCUT2D eigenvalue weighted by Crippen LogP contribution is 2.39. The lowest BCUT2D eigenvalue weighted by Gasteiger charge is -2.32. The predicted octanol–water partition coefficient (Wildman–Crippen LogP) is 3.38. The van der Waals surface area contributed by atoms with E-state index in [9.17, 15) is 5.11 Å². The number of hydrogen-bond donors (Lipinski definition) is 2. The molecule has 2 nitrogen and oxygen atoms in total. The zero-order chi connectivity index (χ0) is 10.1. The summed E-state index contributed by atoms with van der Waals surface area (Å²) in [5, 5.41) is 9.38. The van der Waals surface area contributed by atoms with Gasteiger partial charge in [-0.1, -0.05) is 22.4 Å². The van der Waals surface area contributed by atoms with E-state index in [1.54, 1.807) is 12.1 Å². The first-order chi connectivity index (χ1) is 6.68. The number of phenols is 1. The molecule has 0 bridgehead atoms. The lowest BCUT2D eigenvalue weighted by Crippen LogP contribution is -2.27. The Labute approximate surface area is 104 Å². The van der Waals surface area contributed by atoms with Gasteiger partial charge in [0.2, 0.25) is 0 Å². The molecule has 1 aliphatic rings. The molecule has 84 valence electrons. The van der Waals surface area contributed by atoms with Crippen molar-refractivity contribution in [2.75, 3.05) is 0 Å². The number of rotatable bonds is 2. The fourth-order valence-electron chi connectivity index (χ4n) is 1.84. The van der Waals surface area contributed by atoms with Gasteiger partial charge < -0.3 is 10.8 Å². The standard InChI is InChI=1S/C11H14BrNO.ClH/c12-10-5-4-8(14)6-9(10)11(13)7-2-1-3-7;/h4-7,11,14H,1-3,13H2;1H/t11-;/m0./s1. The van der Waals surface area contributed by atoms with Crippen molar-refractivity contribution < 1.29 is 5.11 Å². The van der Waals surface area contributed by atoms with Crippen molar-refractivity contribution in [3.05, 3.63) is 28.2 Å². The van der Waals surface area contributed by atoms with Crippen molar-refractivity contribution in [3.63, 3.8) is 0 Å². The van der Waals surface area contributed by atoms with Crippen molar-refractivity contribution in [2.45, 2.75) is 25.3 Å². The number of benzene rings is 1. The number of nitrogens with two attached hydrogens (primary N) is 1. The maximum Gasteiger partial charge on any atom is 0.115 e. The number of phenolic OH excluding ortho intramolecular Hbond substituents is 1. The molecule has 1 aromatic rings. The van der Waals surface area contributed by atoms with Crippen molar-refractivity contribution in [1.29, 1.82) is 0 Å². The predicted molar refractivity (Wildman–Crippen MR) is 67.3 cm³/mol. The van der Waals surface area contributed by atoms with Crippen LogP contribution in [0, 0.1) is 5.92 Å². The largest absolute Gasteiger partial charge is 0.508 e. The van der Waals surface area contributed by atoms with Crippen LogP contribution in [0.1, 0.15) is 30.9 Å². The lowest BCUT2D eigenvalue weighted by molar-refractivity contribution is 0.263. The number of hydrogen-bond acceptors (Lipinski definition) is 2. The first kappa shape index (κ1) is 12.8. The number of aromatic hydroxyl groups is 1. The van der Waals surface area contributed by atoms with Crippen LogP contribution in [0.4, 0.5) is 0 Å². The fourth-order valence-corrected chi connectivity index (χ4v) is 2.35. The molecule has 1 fully saturated rings. The molecule has 1 atom stereocenters. The lowest BCUT2D eigenvalue weighted by atomic mass is 9.77. The zero-order valence-electron chi connectivity index (χ0n) is 8.32.